The van der Waals surface area contributed by atoms with Crippen LogP contribution in [0, 0.1) is 13.8 Å². The Morgan fingerprint density at radius 3 is 2.82 bits per heavy atom. The molecule has 1 N–H and O–H groups in total. The van der Waals surface area contributed by atoms with E-state index < -0.39 is 0 Å². The molecule has 0 aliphatic rings. The van der Waals surface area contributed by atoms with E-state index in [9.17, 15) is 0 Å². The molecular formula is C12H18N4S. The minimum Gasteiger partial charge on any atom is -0.299 e. The van der Waals surface area contributed by atoms with Crippen molar-refractivity contribution in [2.75, 3.05) is 13.6 Å². The van der Waals surface area contributed by atoms with E-state index >= 15 is 0 Å². The van der Waals surface area contributed by atoms with Crippen LogP contribution in [0.2, 0.25) is 0 Å². The molecule has 0 radical (unpaired) electrons. The predicted octanol–water partition coefficient (Wildman–Crippen LogP) is 2.16. The van der Waals surface area contributed by atoms with E-state index in [1.54, 1.807) is 11.3 Å². The molecule has 2 rings (SSSR count). The first-order chi connectivity index (χ1) is 8.16. The van der Waals surface area contributed by atoms with Crippen molar-refractivity contribution in [1.82, 2.24) is 20.1 Å². The van der Waals surface area contributed by atoms with Gasteiger partial charge in [0.2, 0.25) is 0 Å². The molecule has 2 aromatic rings. The Morgan fingerprint density at radius 1 is 1.41 bits per heavy atom. The molecule has 0 bridgehead atoms. The highest BCUT2D eigenvalue weighted by atomic mass is 32.1. The van der Waals surface area contributed by atoms with Crippen LogP contribution in [0.1, 0.15) is 22.0 Å². The summed E-state index contributed by atoms with van der Waals surface area (Å²) < 4.78 is 0. The van der Waals surface area contributed by atoms with Gasteiger partial charge in [0.25, 0.3) is 0 Å². The second kappa shape index (κ2) is 5.42. The van der Waals surface area contributed by atoms with Crippen molar-refractivity contribution in [1.29, 1.82) is 0 Å². The van der Waals surface area contributed by atoms with Gasteiger partial charge in [0.15, 0.2) is 0 Å². The van der Waals surface area contributed by atoms with Crippen molar-refractivity contribution in [3.63, 3.8) is 0 Å². The SMILES string of the molecule is Cc1n[nH]c(C)c1CCN(C)Cc1nccs1. The summed E-state index contributed by atoms with van der Waals surface area (Å²) in [5.41, 5.74) is 3.64. The van der Waals surface area contributed by atoms with Crippen LogP contribution in [0.4, 0.5) is 0 Å². The Hall–Kier alpha value is -1.20. The third-order valence-corrected chi connectivity index (χ3v) is 3.68. The molecule has 4 nitrogen and oxygen atoms in total. The number of rotatable bonds is 5. The lowest BCUT2D eigenvalue weighted by molar-refractivity contribution is 0.330. The molecule has 0 spiro atoms. The fraction of sp³-hybridized carbons (Fsp3) is 0.500. The first-order valence-electron chi connectivity index (χ1n) is 5.74. The van der Waals surface area contributed by atoms with E-state index in [0.717, 1.165) is 25.2 Å². The van der Waals surface area contributed by atoms with Gasteiger partial charge in [-0.3, -0.25) is 10.00 Å². The average molecular weight is 250 g/mol. The number of likely N-dealkylation sites (N-methyl/N-ethyl adjacent to an activating group) is 1. The third kappa shape index (κ3) is 3.14. The summed E-state index contributed by atoms with van der Waals surface area (Å²) in [5.74, 6) is 0. The lowest BCUT2D eigenvalue weighted by atomic mass is 10.1. The van der Waals surface area contributed by atoms with Crippen molar-refractivity contribution in [2.45, 2.75) is 26.8 Å². The maximum atomic E-state index is 4.29. The van der Waals surface area contributed by atoms with E-state index in [-0.39, 0.29) is 0 Å². The van der Waals surface area contributed by atoms with E-state index in [2.05, 4.69) is 41.0 Å². The molecule has 0 fully saturated rings. The quantitative estimate of drug-likeness (QED) is 0.884. The van der Waals surface area contributed by atoms with Gasteiger partial charge >= 0.3 is 0 Å². The lowest BCUT2D eigenvalue weighted by Gasteiger charge is -2.14. The second-order valence-corrected chi connectivity index (χ2v) is 5.31. The first-order valence-corrected chi connectivity index (χ1v) is 6.62. The third-order valence-electron chi connectivity index (χ3n) is 2.91. The van der Waals surface area contributed by atoms with E-state index in [4.69, 9.17) is 0 Å². The summed E-state index contributed by atoms with van der Waals surface area (Å²) >= 11 is 1.71. The van der Waals surface area contributed by atoms with Crippen LogP contribution in [-0.2, 0) is 13.0 Å². The lowest BCUT2D eigenvalue weighted by Crippen LogP contribution is -2.20. The number of H-pyrrole nitrogens is 1. The Morgan fingerprint density at radius 2 is 2.24 bits per heavy atom. The summed E-state index contributed by atoms with van der Waals surface area (Å²) in [6.45, 7) is 6.09. The second-order valence-electron chi connectivity index (χ2n) is 4.33. The molecular weight excluding hydrogens is 232 g/mol. The van der Waals surface area contributed by atoms with Gasteiger partial charge in [0, 0.05) is 23.8 Å². The number of aromatic nitrogens is 3. The maximum absolute atomic E-state index is 4.29. The summed E-state index contributed by atoms with van der Waals surface area (Å²) in [4.78, 5) is 6.59. The highest BCUT2D eigenvalue weighted by Gasteiger charge is 2.08. The van der Waals surface area contributed by atoms with Crippen LogP contribution in [0.25, 0.3) is 0 Å². The molecule has 0 saturated carbocycles. The zero-order valence-corrected chi connectivity index (χ0v) is 11.3. The molecule has 0 aliphatic carbocycles. The molecule has 0 aliphatic heterocycles. The average Bonchev–Trinajstić information content (AvgIpc) is 2.88. The smallest absolute Gasteiger partial charge is 0.107 e. The van der Waals surface area contributed by atoms with Crippen LogP contribution >= 0.6 is 11.3 Å². The van der Waals surface area contributed by atoms with Crippen molar-refractivity contribution in [3.8, 4) is 0 Å². The van der Waals surface area contributed by atoms with Crippen LogP contribution in [0.3, 0.4) is 0 Å². The van der Waals surface area contributed by atoms with Gasteiger partial charge in [-0.2, -0.15) is 5.10 Å². The summed E-state index contributed by atoms with van der Waals surface area (Å²) in [6, 6.07) is 0. The molecule has 2 heterocycles. The van der Waals surface area contributed by atoms with Gasteiger partial charge < -0.3 is 0 Å². The van der Waals surface area contributed by atoms with Crippen molar-refractivity contribution >= 4 is 11.3 Å². The summed E-state index contributed by atoms with van der Waals surface area (Å²) in [6.07, 6.45) is 2.90. The molecule has 92 valence electrons. The molecule has 17 heavy (non-hydrogen) atoms. The zero-order valence-electron chi connectivity index (χ0n) is 10.5. The van der Waals surface area contributed by atoms with E-state index in [1.165, 1.54) is 16.3 Å². The maximum Gasteiger partial charge on any atom is 0.107 e. The minimum absolute atomic E-state index is 0.924. The van der Waals surface area contributed by atoms with E-state index in [1.807, 2.05) is 11.6 Å². The molecule has 0 unspecified atom stereocenters. The standard InChI is InChI=1S/C12H18N4S/c1-9-11(10(2)15-14-9)4-6-16(3)8-12-13-5-7-17-12/h5,7H,4,6,8H2,1-3H3,(H,14,15). The number of nitrogens with one attached hydrogen (secondary N) is 1. The van der Waals surface area contributed by atoms with Gasteiger partial charge in [-0.15, -0.1) is 11.3 Å². The monoisotopic (exact) mass is 250 g/mol. The Labute approximate surface area is 106 Å². The highest BCUT2D eigenvalue weighted by molar-refractivity contribution is 7.09. The van der Waals surface area contributed by atoms with Gasteiger partial charge in [0.05, 0.1) is 12.2 Å². The molecule has 0 atom stereocenters. The van der Waals surface area contributed by atoms with Crippen molar-refractivity contribution < 1.29 is 0 Å². The fourth-order valence-corrected chi connectivity index (χ4v) is 2.58. The predicted molar refractivity (Wildman–Crippen MR) is 70.2 cm³/mol. The van der Waals surface area contributed by atoms with Crippen LogP contribution in [-0.4, -0.2) is 33.7 Å². The summed E-state index contributed by atoms with van der Waals surface area (Å²) in [7, 11) is 2.13. The van der Waals surface area contributed by atoms with Crippen molar-refractivity contribution in [3.05, 3.63) is 33.5 Å². The number of hydrogen-bond acceptors (Lipinski definition) is 4. The van der Waals surface area contributed by atoms with Gasteiger partial charge in [-0.1, -0.05) is 0 Å². The van der Waals surface area contributed by atoms with Crippen molar-refractivity contribution in [2.24, 2.45) is 0 Å². The summed E-state index contributed by atoms with van der Waals surface area (Å²) in [5, 5.41) is 10.4. The highest BCUT2D eigenvalue weighted by Crippen LogP contribution is 2.12. The Balaban J connectivity index is 1.86. The topological polar surface area (TPSA) is 44.8 Å². The minimum atomic E-state index is 0.924. The molecule has 0 aromatic carbocycles. The van der Waals surface area contributed by atoms with Crippen LogP contribution in [0.15, 0.2) is 11.6 Å². The molecule has 0 amide bonds. The van der Waals surface area contributed by atoms with Gasteiger partial charge in [-0.05, 0) is 32.9 Å². The normalized spacial score (nSPS) is 11.3. The number of aromatic amines is 1. The molecule has 0 saturated heterocycles. The largest absolute Gasteiger partial charge is 0.299 e. The van der Waals surface area contributed by atoms with Gasteiger partial charge in [0.1, 0.15) is 5.01 Å². The zero-order chi connectivity index (χ0) is 12.3. The Bertz CT molecular complexity index is 441. The molecule has 5 heteroatoms. The van der Waals surface area contributed by atoms with E-state index in [0.29, 0.717) is 0 Å². The number of hydrogen-bond donors (Lipinski definition) is 1. The number of thiazole rings is 1. The number of nitrogens with zero attached hydrogens (tertiary/aromatic N) is 3. The first kappa shape index (κ1) is 12.3. The van der Waals surface area contributed by atoms with Crippen LogP contribution < -0.4 is 0 Å². The van der Waals surface area contributed by atoms with Crippen LogP contribution in [0.5, 0.6) is 0 Å². The Kier molecular flexibility index (Phi) is 3.91. The molecule has 2 aromatic heterocycles. The fourth-order valence-electron chi connectivity index (χ4n) is 1.89. The number of aryl methyl sites for hydroxylation is 2. The van der Waals surface area contributed by atoms with Gasteiger partial charge in [-0.25, -0.2) is 4.98 Å².